The van der Waals surface area contributed by atoms with Crippen molar-refractivity contribution in [2.75, 3.05) is 19.6 Å². The van der Waals surface area contributed by atoms with Crippen LogP contribution in [0, 0.1) is 5.41 Å². The van der Waals surface area contributed by atoms with Crippen LogP contribution < -0.4 is 0 Å². The number of carbonyl (C=O) groups is 2. The minimum absolute atomic E-state index is 0.210. The minimum Gasteiger partial charge on any atom is -0.465 e. The zero-order valence-electron chi connectivity index (χ0n) is 17.9. The molecule has 1 saturated carbocycles. The van der Waals surface area contributed by atoms with E-state index < -0.39 is 19.8 Å². The molecule has 2 amide bonds. The first-order valence-electron chi connectivity index (χ1n) is 11.4. The van der Waals surface area contributed by atoms with Gasteiger partial charge in [0.2, 0.25) is 5.91 Å². The lowest BCUT2D eigenvalue weighted by Gasteiger charge is -2.41. The number of nitrogens with zero attached hydrogens (tertiary/aromatic N) is 2. The summed E-state index contributed by atoms with van der Waals surface area (Å²) in [6.45, 7) is 8.56. The van der Waals surface area contributed by atoms with Crippen LogP contribution in [0.2, 0.25) is 18.1 Å². The second-order valence-electron chi connectivity index (χ2n) is 9.13. The van der Waals surface area contributed by atoms with Gasteiger partial charge in [0, 0.05) is 31.8 Å². The van der Waals surface area contributed by atoms with Crippen LogP contribution in [0.4, 0.5) is 4.79 Å². The third kappa shape index (κ3) is 4.11. The van der Waals surface area contributed by atoms with Gasteiger partial charge in [0.15, 0.2) is 8.32 Å². The molecule has 1 atom stereocenters. The lowest BCUT2D eigenvalue weighted by Crippen LogP contribution is -2.51. The molecule has 2 saturated heterocycles. The third-order valence-corrected chi connectivity index (χ3v) is 12.5. The van der Waals surface area contributed by atoms with Crippen LogP contribution in [0.5, 0.6) is 0 Å². The summed E-state index contributed by atoms with van der Waals surface area (Å²) in [5.41, 5.74) is -0.460. The number of likely N-dealkylation sites (tertiary alicyclic amines) is 2. The quantitative estimate of drug-likeness (QED) is 0.662. The summed E-state index contributed by atoms with van der Waals surface area (Å²) in [5.74, 6) is 0.210. The number of carboxylic acid groups (broad SMARTS) is 1. The Labute approximate surface area is 170 Å². The van der Waals surface area contributed by atoms with E-state index in [0.717, 1.165) is 51.5 Å². The molecule has 7 heteroatoms. The molecule has 0 radical (unpaired) electrons. The highest BCUT2D eigenvalue weighted by atomic mass is 28.4. The maximum atomic E-state index is 13.3. The third-order valence-electron chi connectivity index (χ3n) is 7.83. The lowest BCUT2D eigenvalue weighted by molar-refractivity contribution is -0.141. The molecule has 0 bridgehead atoms. The molecular weight excluding hydrogens is 372 g/mol. The maximum Gasteiger partial charge on any atom is 0.407 e. The van der Waals surface area contributed by atoms with E-state index in [-0.39, 0.29) is 5.91 Å². The van der Waals surface area contributed by atoms with Gasteiger partial charge in [0.1, 0.15) is 0 Å². The Kier molecular flexibility index (Phi) is 6.75. The Balaban J connectivity index is 1.57. The SMILES string of the molecule is CC[Si](CC)(CC)OC1CCC(N2CC[C@]3(CCCN(C(=O)O)C3)C2=O)CC1. The number of hydrogen-bond acceptors (Lipinski definition) is 3. The second kappa shape index (κ2) is 8.74. The van der Waals surface area contributed by atoms with E-state index in [1.807, 2.05) is 0 Å². The van der Waals surface area contributed by atoms with Crippen molar-refractivity contribution in [1.29, 1.82) is 0 Å². The van der Waals surface area contributed by atoms with E-state index in [4.69, 9.17) is 4.43 Å². The number of hydrogen-bond donors (Lipinski definition) is 1. The summed E-state index contributed by atoms with van der Waals surface area (Å²) >= 11 is 0. The van der Waals surface area contributed by atoms with Gasteiger partial charge in [-0.15, -0.1) is 0 Å². The molecule has 6 nitrogen and oxygen atoms in total. The number of piperidine rings is 1. The maximum absolute atomic E-state index is 13.3. The first-order valence-corrected chi connectivity index (χ1v) is 13.9. The van der Waals surface area contributed by atoms with E-state index in [2.05, 4.69) is 25.7 Å². The van der Waals surface area contributed by atoms with Crippen molar-refractivity contribution in [3.05, 3.63) is 0 Å². The fourth-order valence-electron chi connectivity index (χ4n) is 5.70. The molecule has 2 aliphatic heterocycles. The van der Waals surface area contributed by atoms with E-state index in [1.54, 1.807) is 0 Å². The van der Waals surface area contributed by atoms with Crippen LogP contribution >= 0.6 is 0 Å². The van der Waals surface area contributed by atoms with Crippen LogP contribution in [0.25, 0.3) is 0 Å². The highest BCUT2D eigenvalue weighted by Gasteiger charge is 2.51. The minimum atomic E-state index is -1.56. The molecule has 1 spiro atoms. The smallest absolute Gasteiger partial charge is 0.407 e. The predicted octanol–water partition coefficient (Wildman–Crippen LogP) is 4.31. The predicted molar refractivity (Wildman–Crippen MR) is 112 cm³/mol. The van der Waals surface area contributed by atoms with Gasteiger partial charge in [-0.05, 0) is 63.1 Å². The van der Waals surface area contributed by atoms with Crippen LogP contribution in [0.15, 0.2) is 0 Å². The highest BCUT2D eigenvalue weighted by molar-refractivity contribution is 6.73. The Bertz CT molecular complexity index is 566. The van der Waals surface area contributed by atoms with Crippen molar-refractivity contribution in [3.63, 3.8) is 0 Å². The molecule has 1 aliphatic carbocycles. The van der Waals surface area contributed by atoms with Crippen molar-refractivity contribution in [1.82, 2.24) is 9.80 Å². The van der Waals surface area contributed by atoms with Crippen molar-refractivity contribution < 1.29 is 19.1 Å². The number of rotatable bonds is 6. The first-order chi connectivity index (χ1) is 13.4. The van der Waals surface area contributed by atoms with Crippen LogP contribution in [0.3, 0.4) is 0 Å². The Morgan fingerprint density at radius 3 is 2.32 bits per heavy atom. The van der Waals surface area contributed by atoms with E-state index in [1.165, 1.54) is 23.0 Å². The Morgan fingerprint density at radius 1 is 1.11 bits per heavy atom. The Morgan fingerprint density at radius 2 is 1.75 bits per heavy atom. The molecule has 0 aromatic heterocycles. The summed E-state index contributed by atoms with van der Waals surface area (Å²) in [6.07, 6.45) is 6.07. The zero-order valence-corrected chi connectivity index (χ0v) is 18.9. The van der Waals surface area contributed by atoms with Gasteiger partial charge in [-0.3, -0.25) is 4.79 Å². The molecule has 0 aromatic carbocycles. The van der Waals surface area contributed by atoms with Crippen molar-refractivity contribution in [3.8, 4) is 0 Å². The van der Waals surface area contributed by atoms with Gasteiger partial charge in [0.25, 0.3) is 0 Å². The molecular formula is C21H38N2O4Si. The van der Waals surface area contributed by atoms with Crippen LogP contribution in [-0.4, -0.2) is 67.0 Å². The second-order valence-corrected chi connectivity index (χ2v) is 13.9. The molecule has 2 heterocycles. The molecule has 28 heavy (non-hydrogen) atoms. The van der Waals surface area contributed by atoms with Gasteiger partial charge in [-0.2, -0.15) is 0 Å². The molecule has 1 N–H and O–H groups in total. The zero-order chi connectivity index (χ0) is 20.4. The first kappa shape index (κ1) is 21.6. The summed E-state index contributed by atoms with van der Waals surface area (Å²) in [7, 11) is -1.56. The van der Waals surface area contributed by atoms with Gasteiger partial charge >= 0.3 is 6.09 Å². The van der Waals surface area contributed by atoms with Gasteiger partial charge in [0.05, 0.1) is 5.41 Å². The standard InChI is InChI=1S/C21H38N2O4Si/c1-4-28(5-2,6-3)27-18-10-8-17(9-11-18)23-15-13-21(19(23)24)12-7-14-22(16-21)20(25)26/h17-18H,4-16H2,1-3H3,(H,25,26)/t17?,18?,21-/m0/s1. The highest BCUT2D eigenvalue weighted by Crippen LogP contribution is 2.43. The van der Waals surface area contributed by atoms with E-state index in [0.29, 0.717) is 25.2 Å². The summed E-state index contributed by atoms with van der Waals surface area (Å²) < 4.78 is 6.68. The normalized spacial score (nSPS) is 31.6. The molecule has 3 fully saturated rings. The van der Waals surface area contributed by atoms with Crippen LogP contribution in [-0.2, 0) is 9.22 Å². The summed E-state index contributed by atoms with van der Waals surface area (Å²) in [5, 5.41) is 9.36. The number of carbonyl (C=O) groups excluding carboxylic acids is 1. The summed E-state index contributed by atoms with van der Waals surface area (Å²) in [4.78, 5) is 28.2. The van der Waals surface area contributed by atoms with E-state index in [9.17, 15) is 14.7 Å². The molecule has 160 valence electrons. The fraction of sp³-hybridized carbons (Fsp3) is 0.905. The average molecular weight is 411 g/mol. The van der Waals surface area contributed by atoms with E-state index >= 15 is 0 Å². The van der Waals surface area contributed by atoms with Crippen molar-refractivity contribution >= 4 is 20.3 Å². The molecule has 0 unspecified atom stereocenters. The van der Waals surface area contributed by atoms with Gasteiger partial charge in [-0.25, -0.2) is 4.79 Å². The molecule has 0 aromatic rings. The fourth-order valence-corrected chi connectivity index (χ4v) is 8.64. The lowest BCUT2D eigenvalue weighted by atomic mass is 9.78. The van der Waals surface area contributed by atoms with Gasteiger partial charge < -0.3 is 19.3 Å². The molecule has 3 aliphatic rings. The van der Waals surface area contributed by atoms with Crippen LogP contribution in [0.1, 0.15) is 65.7 Å². The van der Waals surface area contributed by atoms with Gasteiger partial charge in [-0.1, -0.05) is 20.8 Å². The Hall–Kier alpha value is -1.08. The summed E-state index contributed by atoms with van der Waals surface area (Å²) in [6, 6.07) is 3.88. The van der Waals surface area contributed by atoms with Crippen molar-refractivity contribution in [2.45, 2.75) is 96.0 Å². The number of amides is 2. The monoisotopic (exact) mass is 410 g/mol. The average Bonchev–Trinajstić information content (AvgIpc) is 3.02. The molecule has 3 rings (SSSR count). The largest absolute Gasteiger partial charge is 0.465 e. The topological polar surface area (TPSA) is 70.1 Å². The van der Waals surface area contributed by atoms with Crippen molar-refractivity contribution in [2.24, 2.45) is 5.41 Å².